The van der Waals surface area contributed by atoms with Gasteiger partial charge < -0.3 is 10.1 Å². The number of non-ortho nitro benzene ring substituents is 1. The highest BCUT2D eigenvalue weighted by molar-refractivity contribution is 5.99. The number of nitrogens with zero attached hydrogens (tertiary/aromatic N) is 2. The Bertz CT molecular complexity index is 728. The maximum absolute atomic E-state index is 11.1. The summed E-state index contributed by atoms with van der Waals surface area (Å²) in [5.74, 6) is 0. The van der Waals surface area contributed by atoms with Gasteiger partial charge in [-0.25, -0.2) is 0 Å². The van der Waals surface area contributed by atoms with Crippen molar-refractivity contribution in [3.63, 3.8) is 0 Å². The van der Waals surface area contributed by atoms with Gasteiger partial charge in [0.05, 0.1) is 23.5 Å². The largest absolute Gasteiger partial charge is 0.384 e. The minimum Gasteiger partial charge on any atom is -0.384 e. The molecule has 6 heteroatoms. The van der Waals surface area contributed by atoms with Crippen LogP contribution in [0, 0.1) is 10.1 Å². The van der Waals surface area contributed by atoms with Gasteiger partial charge in [0.1, 0.15) is 0 Å². The molecule has 0 bridgehead atoms. The fourth-order valence-corrected chi connectivity index (χ4v) is 2.64. The van der Waals surface area contributed by atoms with E-state index in [-0.39, 0.29) is 10.6 Å². The quantitative estimate of drug-likeness (QED) is 0.521. The maximum atomic E-state index is 11.1. The van der Waals surface area contributed by atoms with Crippen LogP contribution in [-0.2, 0) is 4.74 Å². The van der Waals surface area contributed by atoms with E-state index in [1.807, 2.05) is 0 Å². The smallest absolute Gasteiger partial charge is 0.278 e. The van der Waals surface area contributed by atoms with Gasteiger partial charge in [0, 0.05) is 36.1 Å². The Labute approximate surface area is 128 Å². The highest BCUT2D eigenvalue weighted by atomic mass is 16.6. The number of hydrogen-bond donors (Lipinski definition) is 1. The highest BCUT2D eigenvalue weighted by Gasteiger charge is 2.14. The summed E-state index contributed by atoms with van der Waals surface area (Å²) in [6.07, 6.45) is 7.25. The predicted octanol–water partition coefficient (Wildman–Crippen LogP) is 3.29. The van der Waals surface area contributed by atoms with Gasteiger partial charge in [0.15, 0.2) is 0 Å². The molecule has 0 saturated heterocycles. The number of nitrogens with one attached hydrogen (secondary N) is 1. The second kappa shape index (κ2) is 6.53. The lowest BCUT2D eigenvalue weighted by atomic mass is 10.1. The molecule has 0 atom stereocenters. The Morgan fingerprint density at radius 1 is 1.32 bits per heavy atom. The maximum Gasteiger partial charge on any atom is 0.278 e. The molecule has 0 saturated carbocycles. The molecular formula is C16H17N3O3. The van der Waals surface area contributed by atoms with E-state index in [1.165, 1.54) is 11.6 Å². The first-order valence-corrected chi connectivity index (χ1v) is 7.26. The summed E-state index contributed by atoms with van der Waals surface area (Å²) >= 11 is 0. The van der Waals surface area contributed by atoms with Crippen molar-refractivity contribution in [2.24, 2.45) is 0 Å². The van der Waals surface area contributed by atoms with Crippen LogP contribution in [0.25, 0.3) is 10.8 Å². The second-order valence-corrected chi connectivity index (χ2v) is 5.17. The number of nitro groups is 1. The SMILES string of the molecule is O=[N+]([O-])c1ccc(NCCC2=CCOCC2)c2ccncc12. The summed E-state index contributed by atoms with van der Waals surface area (Å²) in [6.45, 7) is 2.28. The summed E-state index contributed by atoms with van der Waals surface area (Å²) in [4.78, 5) is 14.7. The first-order chi connectivity index (χ1) is 10.8. The molecule has 0 unspecified atom stereocenters. The summed E-state index contributed by atoms with van der Waals surface area (Å²) < 4.78 is 5.29. The predicted molar refractivity (Wildman–Crippen MR) is 85.0 cm³/mol. The third-order valence-electron chi connectivity index (χ3n) is 3.81. The van der Waals surface area contributed by atoms with Crippen LogP contribution in [0.2, 0.25) is 0 Å². The molecular weight excluding hydrogens is 282 g/mol. The Morgan fingerprint density at radius 3 is 3.00 bits per heavy atom. The molecule has 2 heterocycles. The van der Waals surface area contributed by atoms with E-state index in [1.54, 1.807) is 24.5 Å². The number of benzene rings is 1. The fraction of sp³-hybridized carbons (Fsp3) is 0.312. The van der Waals surface area contributed by atoms with Crippen molar-refractivity contribution in [2.75, 3.05) is 25.1 Å². The minimum atomic E-state index is -0.374. The monoisotopic (exact) mass is 299 g/mol. The molecule has 2 aromatic rings. The van der Waals surface area contributed by atoms with Crippen LogP contribution in [0.4, 0.5) is 11.4 Å². The topological polar surface area (TPSA) is 77.3 Å². The molecule has 1 aliphatic rings. The number of anilines is 1. The van der Waals surface area contributed by atoms with Crippen LogP contribution in [0.15, 0.2) is 42.2 Å². The number of fused-ring (bicyclic) bond motifs is 1. The van der Waals surface area contributed by atoms with E-state index in [0.29, 0.717) is 12.0 Å². The molecule has 0 fully saturated rings. The molecule has 6 nitrogen and oxygen atoms in total. The van der Waals surface area contributed by atoms with Crippen LogP contribution in [0.3, 0.4) is 0 Å². The summed E-state index contributed by atoms with van der Waals surface area (Å²) in [5.41, 5.74) is 2.38. The van der Waals surface area contributed by atoms with Gasteiger partial charge in [-0.2, -0.15) is 0 Å². The minimum absolute atomic E-state index is 0.0841. The van der Waals surface area contributed by atoms with Crippen molar-refractivity contribution in [2.45, 2.75) is 12.8 Å². The van der Waals surface area contributed by atoms with Crippen molar-refractivity contribution >= 4 is 22.1 Å². The zero-order chi connectivity index (χ0) is 15.4. The van der Waals surface area contributed by atoms with E-state index in [4.69, 9.17) is 4.74 Å². The summed E-state index contributed by atoms with van der Waals surface area (Å²) in [5, 5.41) is 15.8. The van der Waals surface area contributed by atoms with E-state index >= 15 is 0 Å². The molecule has 114 valence electrons. The van der Waals surface area contributed by atoms with Gasteiger partial charge in [0.25, 0.3) is 5.69 Å². The first kappa shape index (κ1) is 14.5. The number of rotatable bonds is 5. The number of hydrogen-bond acceptors (Lipinski definition) is 5. The zero-order valence-corrected chi connectivity index (χ0v) is 12.1. The number of nitro benzene ring substituents is 1. The lowest BCUT2D eigenvalue weighted by Crippen LogP contribution is -2.09. The van der Waals surface area contributed by atoms with Gasteiger partial charge in [-0.15, -0.1) is 0 Å². The molecule has 1 aromatic carbocycles. The average molecular weight is 299 g/mol. The first-order valence-electron chi connectivity index (χ1n) is 7.26. The Morgan fingerprint density at radius 2 is 2.23 bits per heavy atom. The number of pyridine rings is 1. The Balaban J connectivity index is 1.78. The van der Waals surface area contributed by atoms with Crippen molar-refractivity contribution < 1.29 is 9.66 Å². The zero-order valence-electron chi connectivity index (χ0n) is 12.1. The van der Waals surface area contributed by atoms with Gasteiger partial charge in [0.2, 0.25) is 0 Å². The van der Waals surface area contributed by atoms with Crippen LogP contribution in [-0.4, -0.2) is 29.7 Å². The number of aromatic nitrogens is 1. The van der Waals surface area contributed by atoms with Crippen LogP contribution in [0.1, 0.15) is 12.8 Å². The average Bonchev–Trinajstić information content (AvgIpc) is 2.55. The number of ether oxygens (including phenoxy) is 1. The molecule has 1 N–H and O–H groups in total. The van der Waals surface area contributed by atoms with Crippen molar-refractivity contribution in [1.29, 1.82) is 0 Å². The van der Waals surface area contributed by atoms with Gasteiger partial charge in [-0.3, -0.25) is 15.1 Å². The molecule has 22 heavy (non-hydrogen) atoms. The fourth-order valence-electron chi connectivity index (χ4n) is 2.64. The second-order valence-electron chi connectivity index (χ2n) is 5.17. The van der Waals surface area contributed by atoms with Crippen LogP contribution in [0.5, 0.6) is 0 Å². The van der Waals surface area contributed by atoms with E-state index < -0.39 is 0 Å². The van der Waals surface area contributed by atoms with Crippen molar-refractivity contribution in [3.8, 4) is 0 Å². The van der Waals surface area contributed by atoms with Gasteiger partial charge in [-0.1, -0.05) is 11.6 Å². The van der Waals surface area contributed by atoms with Crippen molar-refractivity contribution in [1.82, 2.24) is 4.98 Å². The third kappa shape index (κ3) is 3.07. The molecule has 1 aromatic heterocycles. The van der Waals surface area contributed by atoms with Gasteiger partial charge in [-0.05, 0) is 25.0 Å². The molecule has 0 spiro atoms. The van der Waals surface area contributed by atoms with E-state index in [2.05, 4.69) is 16.4 Å². The van der Waals surface area contributed by atoms with Crippen molar-refractivity contribution in [3.05, 3.63) is 52.4 Å². The lowest BCUT2D eigenvalue weighted by molar-refractivity contribution is -0.383. The molecule has 0 amide bonds. The highest BCUT2D eigenvalue weighted by Crippen LogP contribution is 2.30. The molecule has 3 rings (SSSR count). The third-order valence-corrected chi connectivity index (χ3v) is 3.81. The van der Waals surface area contributed by atoms with Crippen LogP contribution >= 0.6 is 0 Å². The molecule has 1 aliphatic heterocycles. The van der Waals surface area contributed by atoms with Crippen LogP contribution < -0.4 is 5.32 Å². The molecule has 0 aliphatic carbocycles. The normalized spacial score (nSPS) is 14.6. The standard InChI is InChI=1S/C16H17N3O3/c20-19(21)16-2-1-15(13-4-7-17-11-14(13)16)18-8-3-12-5-9-22-10-6-12/h1-2,4-5,7,11,18H,3,6,8-10H2. The van der Waals surface area contributed by atoms with E-state index in [9.17, 15) is 10.1 Å². The van der Waals surface area contributed by atoms with Gasteiger partial charge >= 0.3 is 0 Å². The summed E-state index contributed by atoms with van der Waals surface area (Å²) in [6, 6.07) is 5.09. The molecule has 0 radical (unpaired) electrons. The Hall–Kier alpha value is -2.47. The Kier molecular flexibility index (Phi) is 4.29. The summed E-state index contributed by atoms with van der Waals surface area (Å²) in [7, 11) is 0. The lowest BCUT2D eigenvalue weighted by Gasteiger charge is -2.15. The van der Waals surface area contributed by atoms with E-state index in [0.717, 1.165) is 37.1 Å².